The van der Waals surface area contributed by atoms with Gasteiger partial charge in [0.15, 0.2) is 0 Å². The number of likely N-dealkylation sites (tertiary alicyclic amines) is 1. The molecule has 0 spiro atoms. The molecule has 15 heavy (non-hydrogen) atoms. The van der Waals surface area contributed by atoms with Gasteiger partial charge in [-0.15, -0.1) is 0 Å². The summed E-state index contributed by atoms with van der Waals surface area (Å²) in [6, 6.07) is 0.879. The Bertz CT molecular complexity index is 240. The first kappa shape index (κ1) is 10.1. The maximum absolute atomic E-state index is 3.77. The lowest BCUT2D eigenvalue weighted by Gasteiger charge is -2.33. The predicted molar refractivity (Wildman–Crippen MR) is 62.8 cm³/mol. The maximum Gasteiger partial charge on any atom is 0.0156 e. The van der Waals surface area contributed by atoms with Crippen LogP contribution in [0.3, 0.4) is 0 Å². The zero-order valence-corrected chi connectivity index (χ0v) is 10.3. The summed E-state index contributed by atoms with van der Waals surface area (Å²) in [6.45, 7) is 11.0. The number of nitrogens with zero attached hydrogens (tertiary/aromatic N) is 1. The van der Waals surface area contributed by atoms with E-state index in [-0.39, 0.29) is 0 Å². The van der Waals surface area contributed by atoms with Crippen molar-refractivity contribution in [3.05, 3.63) is 0 Å². The first-order valence-corrected chi connectivity index (χ1v) is 6.54. The fourth-order valence-electron chi connectivity index (χ4n) is 3.00. The Hall–Kier alpha value is -0.0800. The molecule has 0 radical (unpaired) electrons. The van der Waals surface area contributed by atoms with Crippen molar-refractivity contribution in [2.24, 2.45) is 17.8 Å². The van der Waals surface area contributed by atoms with Crippen molar-refractivity contribution in [1.82, 2.24) is 10.2 Å². The van der Waals surface area contributed by atoms with Crippen LogP contribution < -0.4 is 5.32 Å². The van der Waals surface area contributed by atoms with Crippen LogP contribution in [-0.2, 0) is 0 Å². The Kier molecular flexibility index (Phi) is 2.16. The molecule has 86 valence electrons. The second-order valence-corrected chi connectivity index (χ2v) is 6.78. The second kappa shape index (κ2) is 3.21. The molecule has 1 unspecified atom stereocenters. The van der Waals surface area contributed by atoms with Crippen LogP contribution in [0.4, 0.5) is 0 Å². The number of piperidine rings is 1. The summed E-state index contributed by atoms with van der Waals surface area (Å²) in [4.78, 5) is 2.65. The molecule has 0 bridgehead atoms. The van der Waals surface area contributed by atoms with Gasteiger partial charge in [0.25, 0.3) is 0 Å². The van der Waals surface area contributed by atoms with Gasteiger partial charge >= 0.3 is 0 Å². The molecule has 2 saturated carbocycles. The molecule has 2 aliphatic carbocycles. The number of hydrogen-bond acceptors (Lipinski definition) is 2. The SMILES string of the molecule is CC(C)(C)N1C[C@@H]2C(NCC3CC3)[C@@H]2C1. The van der Waals surface area contributed by atoms with Crippen LogP contribution in [0.1, 0.15) is 33.6 Å². The van der Waals surface area contributed by atoms with Gasteiger partial charge in [-0.2, -0.15) is 0 Å². The normalized spacial score (nSPS) is 40.6. The van der Waals surface area contributed by atoms with Crippen molar-refractivity contribution in [2.75, 3.05) is 19.6 Å². The van der Waals surface area contributed by atoms with Crippen LogP contribution in [0.25, 0.3) is 0 Å². The Morgan fingerprint density at radius 2 is 1.73 bits per heavy atom. The number of hydrogen-bond donors (Lipinski definition) is 1. The molecular formula is C13H24N2. The molecule has 1 saturated heterocycles. The molecule has 3 fully saturated rings. The first-order chi connectivity index (χ1) is 7.05. The van der Waals surface area contributed by atoms with Crippen molar-refractivity contribution in [1.29, 1.82) is 0 Å². The summed E-state index contributed by atoms with van der Waals surface area (Å²) >= 11 is 0. The van der Waals surface area contributed by atoms with Crippen LogP contribution in [0.5, 0.6) is 0 Å². The van der Waals surface area contributed by atoms with Gasteiger partial charge in [-0.3, -0.25) is 4.90 Å². The quantitative estimate of drug-likeness (QED) is 0.759. The van der Waals surface area contributed by atoms with Gasteiger partial charge in [0.2, 0.25) is 0 Å². The molecule has 0 aromatic rings. The minimum atomic E-state index is 0.383. The zero-order valence-electron chi connectivity index (χ0n) is 10.3. The summed E-state index contributed by atoms with van der Waals surface area (Å²) in [7, 11) is 0. The van der Waals surface area contributed by atoms with Gasteiger partial charge in [0.05, 0.1) is 0 Å². The molecule has 3 atom stereocenters. The third-order valence-electron chi connectivity index (χ3n) is 4.48. The Morgan fingerprint density at radius 3 is 2.20 bits per heavy atom. The minimum Gasteiger partial charge on any atom is -0.313 e. The fraction of sp³-hybridized carbons (Fsp3) is 1.00. The van der Waals surface area contributed by atoms with E-state index in [1.807, 2.05) is 0 Å². The van der Waals surface area contributed by atoms with Crippen molar-refractivity contribution in [3.63, 3.8) is 0 Å². The van der Waals surface area contributed by atoms with E-state index in [0.717, 1.165) is 23.8 Å². The van der Waals surface area contributed by atoms with Gasteiger partial charge in [-0.1, -0.05) is 0 Å². The third kappa shape index (κ3) is 1.94. The highest BCUT2D eigenvalue weighted by Gasteiger charge is 2.56. The monoisotopic (exact) mass is 208 g/mol. The lowest BCUT2D eigenvalue weighted by molar-refractivity contribution is 0.150. The van der Waals surface area contributed by atoms with Gasteiger partial charge in [-0.25, -0.2) is 0 Å². The fourth-order valence-corrected chi connectivity index (χ4v) is 3.00. The van der Waals surface area contributed by atoms with Crippen molar-refractivity contribution in [3.8, 4) is 0 Å². The lowest BCUT2D eigenvalue weighted by Crippen LogP contribution is -2.43. The molecular weight excluding hydrogens is 184 g/mol. The first-order valence-electron chi connectivity index (χ1n) is 6.54. The van der Waals surface area contributed by atoms with Gasteiger partial charge < -0.3 is 5.32 Å². The van der Waals surface area contributed by atoms with Crippen LogP contribution in [-0.4, -0.2) is 36.1 Å². The molecule has 0 aromatic carbocycles. The van der Waals surface area contributed by atoms with E-state index in [4.69, 9.17) is 0 Å². The molecule has 2 nitrogen and oxygen atoms in total. The second-order valence-electron chi connectivity index (χ2n) is 6.78. The largest absolute Gasteiger partial charge is 0.313 e. The van der Waals surface area contributed by atoms with E-state index in [0.29, 0.717) is 5.54 Å². The molecule has 3 aliphatic rings. The summed E-state index contributed by atoms with van der Waals surface area (Å²) in [6.07, 6.45) is 2.95. The molecule has 3 rings (SSSR count). The average molecular weight is 208 g/mol. The molecule has 1 N–H and O–H groups in total. The van der Waals surface area contributed by atoms with Crippen LogP contribution in [0.15, 0.2) is 0 Å². The Morgan fingerprint density at radius 1 is 1.13 bits per heavy atom. The van der Waals surface area contributed by atoms with E-state index >= 15 is 0 Å². The van der Waals surface area contributed by atoms with Crippen LogP contribution >= 0.6 is 0 Å². The third-order valence-corrected chi connectivity index (χ3v) is 4.48. The minimum absolute atomic E-state index is 0.383. The number of fused-ring (bicyclic) bond motifs is 1. The van der Waals surface area contributed by atoms with Gasteiger partial charge in [-0.05, 0) is 57.9 Å². The smallest absolute Gasteiger partial charge is 0.0156 e. The van der Waals surface area contributed by atoms with E-state index in [9.17, 15) is 0 Å². The predicted octanol–water partition coefficient (Wildman–Crippen LogP) is 1.71. The Balaban J connectivity index is 1.44. The topological polar surface area (TPSA) is 15.3 Å². The summed E-state index contributed by atoms with van der Waals surface area (Å²) in [5.41, 5.74) is 0.383. The lowest BCUT2D eigenvalue weighted by atomic mass is 10.1. The summed E-state index contributed by atoms with van der Waals surface area (Å²) < 4.78 is 0. The zero-order chi connectivity index (χ0) is 10.6. The Labute approximate surface area is 93.4 Å². The van der Waals surface area contributed by atoms with Crippen molar-refractivity contribution in [2.45, 2.75) is 45.2 Å². The number of nitrogens with one attached hydrogen (secondary N) is 1. The van der Waals surface area contributed by atoms with Gasteiger partial charge in [0.1, 0.15) is 0 Å². The molecule has 1 heterocycles. The van der Waals surface area contributed by atoms with Crippen molar-refractivity contribution >= 4 is 0 Å². The molecule has 0 amide bonds. The maximum atomic E-state index is 3.77. The van der Waals surface area contributed by atoms with E-state index < -0.39 is 0 Å². The standard InChI is InChI=1S/C13H24N2/c1-13(2,3)15-7-10-11(8-15)12(10)14-6-9-4-5-9/h9-12,14H,4-8H2,1-3H3/t10-,11+,12?. The van der Waals surface area contributed by atoms with Gasteiger partial charge in [0, 0.05) is 24.7 Å². The summed E-state index contributed by atoms with van der Waals surface area (Å²) in [5.74, 6) is 2.98. The van der Waals surface area contributed by atoms with E-state index in [2.05, 4.69) is 31.0 Å². The summed E-state index contributed by atoms with van der Waals surface area (Å²) in [5, 5.41) is 3.77. The molecule has 2 heteroatoms. The molecule has 1 aliphatic heterocycles. The van der Waals surface area contributed by atoms with Crippen LogP contribution in [0.2, 0.25) is 0 Å². The highest BCUT2D eigenvalue weighted by molar-refractivity contribution is 5.12. The highest BCUT2D eigenvalue weighted by atomic mass is 15.3. The average Bonchev–Trinajstić information content (AvgIpc) is 3.01. The van der Waals surface area contributed by atoms with Crippen LogP contribution in [0, 0.1) is 17.8 Å². The van der Waals surface area contributed by atoms with E-state index in [1.54, 1.807) is 0 Å². The number of rotatable bonds is 3. The van der Waals surface area contributed by atoms with E-state index in [1.165, 1.54) is 32.5 Å². The highest BCUT2D eigenvalue weighted by Crippen LogP contribution is 2.47. The van der Waals surface area contributed by atoms with Crippen molar-refractivity contribution < 1.29 is 0 Å². The molecule has 0 aromatic heterocycles.